The molecule has 3 rings (SSSR count). The smallest absolute Gasteiger partial charge is 0.355 e. The second-order valence-corrected chi connectivity index (χ2v) is 5.50. The van der Waals surface area contributed by atoms with Gasteiger partial charge < -0.3 is 4.74 Å². The monoisotopic (exact) mass is 295 g/mol. The number of carbonyl (C=O) groups is 1. The molecule has 4 heteroatoms. The lowest BCUT2D eigenvalue weighted by Crippen LogP contribution is -2.07. The fraction of sp³-hybridized carbons (Fsp3) is 0.0588. The van der Waals surface area contributed by atoms with Gasteiger partial charge in [-0.25, -0.2) is 9.78 Å². The molecule has 0 spiro atoms. The molecule has 21 heavy (non-hydrogen) atoms. The van der Waals surface area contributed by atoms with Gasteiger partial charge in [0, 0.05) is 5.56 Å². The van der Waals surface area contributed by atoms with E-state index in [9.17, 15) is 4.79 Å². The van der Waals surface area contributed by atoms with Crippen molar-refractivity contribution in [2.45, 2.75) is 6.92 Å². The first-order valence-electron chi connectivity index (χ1n) is 6.54. The molecule has 3 nitrogen and oxygen atoms in total. The van der Waals surface area contributed by atoms with Crippen LogP contribution < -0.4 is 4.74 Å². The number of rotatable bonds is 3. The van der Waals surface area contributed by atoms with Crippen molar-refractivity contribution in [1.82, 2.24) is 4.98 Å². The Balaban J connectivity index is 1.86. The van der Waals surface area contributed by atoms with Crippen LogP contribution in [0, 0.1) is 6.92 Å². The van der Waals surface area contributed by atoms with Crippen LogP contribution in [0.2, 0.25) is 0 Å². The highest BCUT2D eigenvalue weighted by atomic mass is 32.1. The number of para-hydroxylation sites is 1. The molecule has 0 radical (unpaired) electrons. The highest BCUT2D eigenvalue weighted by Crippen LogP contribution is 2.28. The topological polar surface area (TPSA) is 39.2 Å². The van der Waals surface area contributed by atoms with Crippen LogP contribution in [0.5, 0.6) is 5.75 Å². The third-order valence-electron chi connectivity index (χ3n) is 2.96. The Kier molecular flexibility index (Phi) is 3.79. The van der Waals surface area contributed by atoms with Gasteiger partial charge in [-0.2, -0.15) is 0 Å². The molecule has 0 atom stereocenters. The van der Waals surface area contributed by atoms with Gasteiger partial charge in [-0.1, -0.05) is 48.5 Å². The van der Waals surface area contributed by atoms with Crippen molar-refractivity contribution in [3.63, 3.8) is 0 Å². The first-order valence-corrected chi connectivity index (χ1v) is 7.36. The number of aryl methyl sites for hydroxylation is 1. The zero-order valence-corrected chi connectivity index (χ0v) is 12.3. The van der Waals surface area contributed by atoms with Crippen LogP contribution >= 0.6 is 11.3 Å². The van der Waals surface area contributed by atoms with E-state index >= 15 is 0 Å². The summed E-state index contributed by atoms with van der Waals surface area (Å²) in [7, 11) is 0. The lowest BCUT2D eigenvalue weighted by molar-refractivity contribution is 0.0739. The number of aromatic nitrogens is 1. The molecule has 0 aliphatic carbocycles. The maximum absolute atomic E-state index is 12.2. The van der Waals surface area contributed by atoms with Crippen molar-refractivity contribution in [1.29, 1.82) is 0 Å². The van der Waals surface area contributed by atoms with Gasteiger partial charge in [-0.05, 0) is 19.1 Å². The normalized spacial score (nSPS) is 10.3. The summed E-state index contributed by atoms with van der Waals surface area (Å²) in [6.45, 7) is 1.82. The summed E-state index contributed by atoms with van der Waals surface area (Å²) in [6.07, 6.45) is 0. The van der Waals surface area contributed by atoms with Crippen LogP contribution in [0.1, 0.15) is 15.4 Å². The number of esters is 1. The predicted molar refractivity (Wildman–Crippen MR) is 83.7 cm³/mol. The fourth-order valence-electron chi connectivity index (χ4n) is 1.93. The Morgan fingerprint density at radius 1 is 1.00 bits per heavy atom. The molecule has 0 fully saturated rings. The highest BCUT2D eigenvalue weighted by Gasteiger charge is 2.18. The van der Waals surface area contributed by atoms with Gasteiger partial charge >= 0.3 is 5.97 Å². The number of hydrogen-bond donors (Lipinski definition) is 0. The van der Waals surface area contributed by atoms with Crippen molar-refractivity contribution >= 4 is 17.3 Å². The number of ether oxygens (including phenoxy) is 1. The summed E-state index contributed by atoms with van der Waals surface area (Å²) in [6, 6.07) is 18.9. The quantitative estimate of drug-likeness (QED) is 0.533. The number of nitrogens with zero attached hydrogens (tertiary/aromatic N) is 1. The van der Waals surface area contributed by atoms with Crippen LogP contribution in [0.3, 0.4) is 0 Å². The van der Waals surface area contributed by atoms with Crippen LogP contribution in [-0.2, 0) is 0 Å². The van der Waals surface area contributed by atoms with Crippen LogP contribution in [-0.4, -0.2) is 11.0 Å². The molecule has 0 unspecified atom stereocenters. The molecular weight excluding hydrogens is 282 g/mol. The van der Waals surface area contributed by atoms with Crippen LogP contribution in [0.25, 0.3) is 10.6 Å². The molecule has 1 heterocycles. The minimum atomic E-state index is -0.363. The average molecular weight is 295 g/mol. The van der Waals surface area contributed by atoms with Gasteiger partial charge in [0.2, 0.25) is 0 Å². The van der Waals surface area contributed by atoms with Gasteiger partial charge in [-0.3, -0.25) is 0 Å². The number of benzene rings is 2. The Morgan fingerprint density at radius 3 is 2.29 bits per heavy atom. The number of hydrogen-bond acceptors (Lipinski definition) is 4. The van der Waals surface area contributed by atoms with Gasteiger partial charge in [0.25, 0.3) is 0 Å². The molecule has 0 saturated heterocycles. The van der Waals surface area contributed by atoms with Gasteiger partial charge in [-0.15, -0.1) is 11.3 Å². The minimum absolute atomic E-state index is 0.363. The van der Waals surface area contributed by atoms with E-state index in [1.165, 1.54) is 11.3 Å². The molecule has 104 valence electrons. The highest BCUT2D eigenvalue weighted by molar-refractivity contribution is 7.17. The first kappa shape index (κ1) is 13.5. The van der Waals surface area contributed by atoms with Crippen molar-refractivity contribution in [2.24, 2.45) is 0 Å². The van der Waals surface area contributed by atoms with E-state index in [0.717, 1.165) is 10.6 Å². The SMILES string of the molecule is Cc1nc(-c2ccccc2)sc1C(=O)Oc1ccccc1. The van der Waals surface area contributed by atoms with E-state index in [0.29, 0.717) is 16.3 Å². The zero-order chi connectivity index (χ0) is 14.7. The first-order chi connectivity index (χ1) is 10.2. The molecule has 1 aromatic heterocycles. The maximum atomic E-state index is 12.2. The van der Waals surface area contributed by atoms with Crippen molar-refractivity contribution in [3.05, 3.63) is 71.2 Å². The minimum Gasteiger partial charge on any atom is -0.422 e. The van der Waals surface area contributed by atoms with E-state index in [1.54, 1.807) is 12.1 Å². The summed E-state index contributed by atoms with van der Waals surface area (Å²) in [4.78, 5) is 17.2. The largest absolute Gasteiger partial charge is 0.422 e. The van der Waals surface area contributed by atoms with Gasteiger partial charge in [0.15, 0.2) is 0 Å². The zero-order valence-electron chi connectivity index (χ0n) is 11.4. The summed E-state index contributed by atoms with van der Waals surface area (Å²) in [5.74, 6) is 0.176. The molecule has 0 N–H and O–H groups in total. The van der Waals surface area contributed by atoms with Crippen LogP contribution in [0.4, 0.5) is 0 Å². The summed E-state index contributed by atoms with van der Waals surface area (Å²) < 4.78 is 5.36. The summed E-state index contributed by atoms with van der Waals surface area (Å²) in [5, 5.41) is 0.827. The van der Waals surface area contributed by atoms with Crippen molar-refractivity contribution in [2.75, 3.05) is 0 Å². The Hall–Kier alpha value is -2.46. The number of carbonyl (C=O) groups excluding carboxylic acids is 1. The Morgan fingerprint density at radius 2 is 1.62 bits per heavy atom. The molecule has 0 aliphatic rings. The van der Waals surface area contributed by atoms with Crippen molar-refractivity contribution in [3.8, 4) is 16.3 Å². The molecule has 0 amide bonds. The van der Waals surface area contributed by atoms with E-state index < -0.39 is 0 Å². The van der Waals surface area contributed by atoms with Gasteiger partial charge in [0.1, 0.15) is 15.6 Å². The number of thiazole rings is 1. The summed E-state index contributed by atoms with van der Waals surface area (Å²) >= 11 is 1.35. The van der Waals surface area contributed by atoms with Crippen LogP contribution in [0.15, 0.2) is 60.7 Å². The standard InChI is InChI=1S/C17H13NO2S/c1-12-15(17(19)20-14-10-6-3-7-11-14)21-16(18-12)13-8-4-2-5-9-13/h2-11H,1H3. The molecule has 2 aromatic carbocycles. The molecular formula is C17H13NO2S. The van der Waals surface area contributed by atoms with E-state index in [-0.39, 0.29) is 5.97 Å². The Bertz CT molecular complexity index is 751. The molecule has 3 aromatic rings. The second kappa shape index (κ2) is 5.89. The lowest BCUT2D eigenvalue weighted by atomic mass is 10.2. The van der Waals surface area contributed by atoms with E-state index in [4.69, 9.17) is 4.74 Å². The third kappa shape index (κ3) is 3.01. The fourth-order valence-corrected chi connectivity index (χ4v) is 2.88. The molecule has 0 bridgehead atoms. The van der Waals surface area contributed by atoms with Gasteiger partial charge in [0.05, 0.1) is 5.69 Å². The molecule has 0 aliphatic heterocycles. The van der Waals surface area contributed by atoms with E-state index in [1.807, 2.05) is 55.5 Å². The Labute approximate surface area is 126 Å². The predicted octanol–water partition coefficient (Wildman–Crippen LogP) is 4.34. The summed E-state index contributed by atoms with van der Waals surface area (Å²) in [5.41, 5.74) is 1.70. The van der Waals surface area contributed by atoms with E-state index in [2.05, 4.69) is 4.98 Å². The third-order valence-corrected chi connectivity index (χ3v) is 4.14. The average Bonchev–Trinajstić information content (AvgIpc) is 2.91. The second-order valence-electron chi connectivity index (χ2n) is 4.50. The molecule has 0 saturated carbocycles. The van der Waals surface area contributed by atoms with Crippen molar-refractivity contribution < 1.29 is 9.53 Å². The maximum Gasteiger partial charge on any atom is 0.355 e. The lowest BCUT2D eigenvalue weighted by Gasteiger charge is -2.01.